The van der Waals surface area contributed by atoms with Crippen molar-refractivity contribution in [2.45, 2.75) is 95.3 Å². The molecule has 0 aromatic rings. The van der Waals surface area contributed by atoms with Crippen LogP contribution in [0.2, 0.25) is 0 Å². The van der Waals surface area contributed by atoms with Crippen molar-refractivity contribution < 1.29 is 0 Å². The van der Waals surface area contributed by atoms with Crippen molar-refractivity contribution >= 4 is 0 Å². The fraction of sp³-hybridized carbons (Fsp3) is 0.944. The van der Waals surface area contributed by atoms with Crippen LogP contribution in [0, 0.1) is 17.2 Å². The van der Waals surface area contributed by atoms with Crippen molar-refractivity contribution in [1.29, 1.82) is 5.26 Å². The van der Waals surface area contributed by atoms with E-state index < -0.39 is 0 Å². The molecule has 21 heavy (non-hydrogen) atoms. The molecule has 3 nitrogen and oxygen atoms in total. The maximum Gasteiger partial charge on any atom is 0.108 e. The predicted molar refractivity (Wildman–Crippen MR) is 85.9 cm³/mol. The molecule has 3 atom stereocenters. The van der Waals surface area contributed by atoms with Crippen molar-refractivity contribution in [3.8, 4) is 6.07 Å². The Labute approximate surface area is 130 Å². The van der Waals surface area contributed by atoms with Crippen LogP contribution >= 0.6 is 0 Å². The number of likely N-dealkylation sites (tertiary alicyclic amines) is 1. The first-order valence-corrected chi connectivity index (χ1v) is 9.08. The Kier molecular flexibility index (Phi) is 4.57. The molecule has 1 saturated heterocycles. The second-order valence-corrected chi connectivity index (χ2v) is 7.88. The fourth-order valence-corrected chi connectivity index (χ4v) is 5.24. The van der Waals surface area contributed by atoms with E-state index in [1.807, 2.05) is 0 Å². The molecule has 1 heterocycles. The molecule has 0 bridgehead atoms. The molecule has 3 rings (SSSR count). The minimum absolute atomic E-state index is 0.262. The summed E-state index contributed by atoms with van der Waals surface area (Å²) in [7, 11) is 0. The summed E-state index contributed by atoms with van der Waals surface area (Å²) in [5.41, 5.74) is -0.262. The third-order valence-electron chi connectivity index (χ3n) is 6.02. The van der Waals surface area contributed by atoms with Gasteiger partial charge in [-0.15, -0.1) is 0 Å². The number of hydrogen-bond donors (Lipinski definition) is 1. The first-order chi connectivity index (χ1) is 10.1. The lowest BCUT2D eigenvalue weighted by atomic mass is 9.94. The maximum atomic E-state index is 9.67. The van der Waals surface area contributed by atoms with Gasteiger partial charge < -0.3 is 0 Å². The van der Waals surface area contributed by atoms with Crippen LogP contribution in [-0.4, -0.2) is 35.1 Å². The molecule has 0 radical (unpaired) electrons. The van der Waals surface area contributed by atoms with Gasteiger partial charge in [-0.3, -0.25) is 10.2 Å². The Morgan fingerprint density at radius 1 is 1.14 bits per heavy atom. The van der Waals surface area contributed by atoms with E-state index in [0.717, 1.165) is 24.8 Å². The molecule has 3 aliphatic rings. The summed E-state index contributed by atoms with van der Waals surface area (Å²) < 4.78 is 0. The van der Waals surface area contributed by atoms with Gasteiger partial charge in [0.05, 0.1) is 6.07 Å². The molecular formula is C18H31N3. The van der Waals surface area contributed by atoms with Gasteiger partial charge in [0.25, 0.3) is 0 Å². The monoisotopic (exact) mass is 289 g/mol. The lowest BCUT2D eigenvalue weighted by Gasteiger charge is -2.35. The van der Waals surface area contributed by atoms with E-state index in [1.54, 1.807) is 0 Å². The molecule has 118 valence electrons. The average molecular weight is 289 g/mol. The average Bonchev–Trinajstić information content (AvgIpc) is 3.18. The number of nitrogens with one attached hydrogen (secondary N) is 1. The molecule has 0 aromatic carbocycles. The third-order valence-corrected chi connectivity index (χ3v) is 6.02. The summed E-state index contributed by atoms with van der Waals surface area (Å²) in [6, 6.07) is 4.47. The zero-order valence-electron chi connectivity index (χ0n) is 13.8. The van der Waals surface area contributed by atoms with Gasteiger partial charge in [-0.05, 0) is 71.3 Å². The Balaban J connectivity index is 1.66. The topological polar surface area (TPSA) is 39.1 Å². The van der Waals surface area contributed by atoms with Crippen LogP contribution in [0.4, 0.5) is 0 Å². The summed E-state index contributed by atoms with van der Waals surface area (Å²) in [6.45, 7) is 5.59. The Bertz CT molecular complexity index is 394. The number of rotatable bonds is 4. The summed E-state index contributed by atoms with van der Waals surface area (Å²) in [4.78, 5) is 2.80. The molecule has 3 heteroatoms. The molecular weight excluding hydrogens is 258 g/mol. The van der Waals surface area contributed by atoms with Crippen molar-refractivity contribution in [2.24, 2.45) is 5.92 Å². The second kappa shape index (κ2) is 6.26. The van der Waals surface area contributed by atoms with Crippen LogP contribution < -0.4 is 5.32 Å². The number of hydrogen-bond acceptors (Lipinski definition) is 3. The zero-order valence-corrected chi connectivity index (χ0v) is 13.8. The van der Waals surface area contributed by atoms with Gasteiger partial charge in [0.15, 0.2) is 0 Å². The maximum absolute atomic E-state index is 9.67. The minimum atomic E-state index is -0.262. The standard InChI is InChI=1S/C18H31N3/c1-14(2)20-18(13-19)10-9-16(12-18)21-11-5-8-17(21)15-6-3-4-7-15/h14-17,20H,3-12H2,1-2H3. The highest BCUT2D eigenvalue weighted by Gasteiger charge is 2.45. The van der Waals surface area contributed by atoms with Gasteiger partial charge in [-0.25, -0.2) is 0 Å². The van der Waals surface area contributed by atoms with Crippen LogP contribution in [0.3, 0.4) is 0 Å². The molecule has 0 spiro atoms. The van der Waals surface area contributed by atoms with E-state index in [0.29, 0.717) is 12.1 Å². The molecule has 0 aromatic heterocycles. The van der Waals surface area contributed by atoms with Gasteiger partial charge in [-0.2, -0.15) is 5.26 Å². The second-order valence-electron chi connectivity index (χ2n) is 7.88. The van der Waals surface area contributed by atoms with Crippen molar-refractivity contribution in [3.05, 3.63) is 0 Å². The van der Waals surface area contributed by atoms with E-state index in [-0.39, 0.29) is 5.54 Å². The molecule has 1 aliphatic heterocycles. The number of nitriles is 1. The Hall–Kier alpha value is -0.590. The van der Waals surface area contributed by atoms with Crippen molar-refractivity contribution in [2.75, 3.05) is 6.54 Å². The third kappa shape index (κ3) is 3.12. The molecule has 2 saturated carbocycles. The van der Waals surface area contributed by atoms with E-state index in [4.69, 9.17) is 0 Å². The van der Waals surface area contributed by atoms with E-state index in [1.165, 1.54) is 51.5 Å². The lowest BCUT2D eigenvalue weighted by molar-refractivity contribution is 0.132. The Morgan fingerprint density at radius 3 is 2.57 bits per heavy atom. The summed E-state index contributed by atoms with van der Waals surface area (Å²) >= 11 is 0. The molecule has 3 fully saturated rings. The highest BCUT2D eigenvalue weighted by atomic mass is 15.2. The smallest absolute Gasteiger partial charge is 0.108 e. The van der Waals surface area contributed by atoms with Crippen LogP contribution in [0.15, 0.2) is 0 Å². The van der Waals surface area contributed by atoms with Crippen LogP contribution in [0.25, 0.3) is 0 Å². The largest absolute Gasteiger partial charge is 0.297 e. The normalized spacial score (nSPS) is 38.4. The van der Waals surface area contributed by atoms with Crippen LogP contribution in [-0.2, 0) is 0 Å². The van der Waals surface area contributed by atoms with Gasteiger partial charge in [-0.1, -0.05) is 12.8 Å². The Morgan fingerprint density at radius 2 is 1.90 bits per heavy atom. The predicted octanol–water partition coefficient (Wildman–Crippen LogP) is 3.45. The molecule has 0 amide bonds. The highest BCUT2D eigenvalue weighted by Crippen LogP contribution is 2.41. The van der Waals surface area contributed by atoms with E-state index in [9.17, 15) is 5.26 Å². The SMILES string of the molecule is CC(C)NC1(C#N)CCC(N2CCCC2C2CCCC2)C1. The van der Waals surface area contributed by atoms with Crippen LogP contribution in [0.1, 0.15) is 71.6 Å². The summed E-state index contributed by atoms with van der Waals surface area (Å²) in [5.74, 6) is 0.947. The van der Waals surface area contributed by atoms with Gasteiger partial charge in [0.1, 0.15) is 5.54 Å². The van der Waals surface area contributed by atoms with E-state index in [2.05, 4.69) is 30.1 Å². The van der Waals surface area contributed by atoms with E-state index >= 15 is 0 Å². The van der Waals surface area contributed by atoms with Crippen molar-refractivity contribution in [3.63, 3.8) is 0 Å². The van der Waals surface area contributed by atoms with Crippen molar-refractivity contribution in [1.82, 2.24) is 10.2 Å². The number of nitrogens with zero attached hydrogens (tertiary/aromatic N) is 2. The quantitative estimate of drug-likeness (QED) is 0.861. The minimum Gasteiger partial charge on any atom is -0.297 e. The fourth-order valence-electron chi connectivity index (χ4n) is 5.24. The molecule has 2 aliphatic carbocycles. The highest BCUT2D eigenvalue weighted by molar-refractivity contribution is 5.14. The molecule has 3 unspecified atom stereocenters. The van der Waals surface area contributed by atoms with Gasteiger partial charge in [0.2, 0.25) is 0 Å². The lowest BCUT2D eigenvalue weighted by Crippen LogP contribution is -2.48. The summed E-state index contributed by atoms with van der Waals surface area (Å²) in [6.07, 6.45) is 11.8. The van der Waals surface area contributed by atoms with Crippen LogP contribution in [0.5, 0.6) is 0 Å². The molecule has 1 N–H and O–H groups in total. The van der Waals surface area contributed by atoms with Gasteiger partial charge in [0, 0.05) is 18.1 Å². The zero-order chi connectivity index (χ0) is 14.9. The summed E-state index contributed by atoms with van der Waals surface area (Å²) in [5, 5.41) is 13.2. The first-order valence-electron chi connectivity index (χ1n) is 9.08. The van der Waals surface area contributed by atoms with Gasteiger partial charge >= 0.3 is 0 Å². The first kappa shape index (κ1) is 15.3.